The van der Waals surface area contributed by atoms with Crippen LogP contribution in [0.4, 0.5) is 5.95 Å². The molecule has 0 atom stereocenters. The first-order chi connectivity index (χ1) is 9.10. The maximum atomic E-state index is 5.97. The zero-order valence-corrected chi connectivity index (χ0v) is 11.6. The van der Waals surface area contributed by atoms with Gasteiger partial charge in [0.1, 0.15) is 5.75 Å². The summed E-state index contributed by atoms with van der Waals surface area (Å²) in [5.41, 5.74) is 7.32. The Morgan fingerprint density at radius 2 is 2.32 bits per heavy atom. The minimum atomic E-state index is 0.341. The number of aryl methyl sites for hydroxylation is 1. The normalized spacial score (nSPS) is 11.1. The number of hydrogen-bond acceptors (Lipinski definition) is 4. The fourth-order valence-corrected chi connectivity index (χ4v) is 1.81. The Morgan fingerprint density at radius 1 is 1.53 bits per heavy atom. The predicted octanol–water partition coefficient (Wildman–Crippen LogP) is 2.71. The second-order valence-corrected chi connectivity index (χ2v) is 4.38. The molecule has 1 heterocycles. The van der Waals surface area contributed by atoms with Crippen molar-refractivity contribution in [3.05, 3.63) is 40.7 Å². The number of anilines is 1. The van der Waals surface area contributed by atoms with E-state index < -0.39 is 0 Å². The quantitative estimate of drug-likeness (QED) is 0.875. The molecule has 2 rings (SSSR count). The first-order valence-electron chi connectivity index (χ1n) is 5.88. The standard InChI is InChI=1S/C13H15ClN4O/c1-3-19-12-5-4-11(14)6-10(12)7-16-18-8-9(2)17-13(18)15/h4-8H,3H2,1-2H3,(H2,15,17). The van der Waals surface area contributed by atoms with Crippen LogP contribution in [0.15, 0.2) is 29.5 Å². The van der Waals surface area contributed by atoms with E-state index in [1.807, 2.05) is 19.9 Å². The molecule has 0 amide bonds. The minimum absolute atomic E-state index is 0.341. The third-order valence-electron chi connectivity index (χ3n) is 2.43. The topological polar surface area (TPSA) is 65.4 Å². The van der Waals surface area contributed by atoms with E-state index in [9.17, 15) is 0 Å². The van der Waals surface area contributed by atoms with Crippen molar-refractivity contribution in [2.45, 2.75) is 13.8 Å². The first kappa shape index (κ1) is 13.4. The number of benzene rings is 1. The maximum absolute atomic E-state index is 5.97. The lowest BCUT2D eigenvalue weighted by Crippen LogP contribution is -1.99. The van der Waals surface area contributed by atoms with Gasteiger partial charge in [-0.2, -0.15) is 5.10 Å². The molecular weight excluding hydrogens is 264 g/mol. The van der Waals surface area contributed by atoms with Crippen LogP contribution in [0, 0.1) is 6.92 Å². The summed E-state index contributed by atoms with van der Waals surface area (Å²) in [5, 5.41) is 4.87. The van der Waals surface area contributed by atoms with Crippen LogP contribution in [0.5, 0.6) is 5.75 Å². The highest BCUT2D eigenvalue weighted by molar-refractivity contribution is 6.30. The second-order valence-electron chi connectivity index (χ2n) is 3.94. The van der Waals surface area contributed by atoms with Crippen molar-refractivity contribution in [2.75, 3.05) is 12.3 Å². The van der Waals surface area contributed by atoms with Crippen molar-refractivity contribution in [1.82, 2.24) is 9.66 Å². The molecule has 0 bridgehead atoms. The van der Waals surface area contributed by atoms with Gasteiger partial charge in [-0.05, 0) is 32.0 Å². The van der Waals surface area contributed by atoms with E-state index in [2.05, 4.69) is 10.1 Å². The molecule has 2 N–H and O–H groups in total. The van der Waals surface area contributed by atoms with Crippen LogP contribution in [0.25, 0.3) is 0 Å². The molecule has 2 aromatic rings. The largest absolute Gasteiger partial charge is 0.493 e. The van der Waals surface area contributed by atoms with Crippen LogP contribution in [-0.4, -0.2) is 22.5 Å². The molecule has 5 nitrogen and oxygen atoms in total. The third kappa shape index (κ3) is 3.26. The first-order valence-corrected chi connectivity index (χ1v) is 6.26. The molecule has 0 aliphatic carbocycles. The van der Waals surface area contributed by atoms with E-state index in [1.54, 1.807) is 24.5 Å². The number of rotatable bonds is 4. The Balaban J connectivity index is 2.31. The van der Waals surface area contributed by atoms with Gasteiger partial charge < -0.3 is 10.5 Å². The van der Waals surface area contributed by atoms with E-state index in [0.29, 0.717) is 17.6 Å². The number of imidazole rings is 1. The number of nitrogens with zero attached hydrogens (tertiary/aromatic N) is 3. The number of halogens is 1. The summed E-state index contributed by atoms with van der Waals surface area (Å²) in [7, 11) is 0. The number of nitrogen functional groups attached to an aromatic ring is 1. The van der Waals surface area contributed by atoms with Gasteiger partial charge in [-0.15, -0.1) is 0 Å². The molecule has 0 radical (unpaired) electrons. The van der Waals surface area contributed by atoms with Crippen molar-refractivity contribution in [1.29, 1.82) is 0 Å². The van der Waals surface area contributed by atoms with Crippen molar-refractivity contribution < 1.29 is 4.74 Å². The zero-order chi connectivity index (χ0) is 13.8. The lowest BCUT2D eigenvalue weighted by molar-refractivity contribution is 0.340. The summed E-state index contributed by atoms with van der Waals surface area (Å²) in [4.78, 5) is 4.07. The van der Waals surface area contributed by atoms with Gasteiger partial charge in [0.15, 0.2) is 0 Å². The van der Waals surface area contributed by atoms with E-state index in [0.717, 1.165) is 17.0 Å². The summed E-state index contributed by atoms with van der Waals surface area (Å²) in [6.45, 7) is 4.36. The molecule has 0 saturated carbocycles. The van der Waals surface area contributed by atoms with E-state index in [1.165, 1.54) is 4.68 Å². The molecule has 0 saturated heterocycles. The van der Waals surface area contributed by atoms with Crippen LogP contribution in [-0.2, 0) is 0 Å². The van der Waals surface area contributed by atoms with Crippen LogP contribution >= 0.6 is 11.6 Å². The van der Waals surface area contributed by atoms with Gasteiger partial charge in [0.05, 0.1) is 24.7 Å². The SMILES string of the molecule is CCOc1ccc(Cl)cc1C=Nn1cc(C)nc1N. The smallest absolute Gasteiger partial charge is 0.221 e. The number of hydrogen-bond donors (Lipinski definition) is 1. The van der Waals surface area contributed by atoms with Crippen molar-refractivity contribution >= 4 is 23.8 Å². The third-order valence-corrected chi connectivity index (χ3v) is 2.66. The summed E-state index contributed by atoms with van der Waals surface area (Å²) < 4.78 is 7.02. The monoisotopic (exact) mass is 278 g/mol. The summed E-state index contributed by atoms with van der Waals surface area (Å²) >= 11 is 5.97. The van der Waals surface area contributed by atoms with Crippen molar-refractivity contribution in [3.8, 4) is 5.75 Å². The van der Waals surface area contributed by atoms with E-state index in [-0.39, 0.29) is 0 Å². The molecule has 0 aliphatic rings. The molecule has 100 valence electrons. The summed E-state index contributed by atoms with van der Waals surface area (Å²) in [5.74, 6) is 1.07. The average molecular weight is 279 g/mol. The highest BCUT2D eigenvalue weighted by Gasteiger charge is 2.03. The van der Waals surface area contributed by atoms with Gasteiger partial charge in [0.25, 0.3) is 0 Å². The van der Waals surface area contributed by atoms with Gasteiger partial charge >= 0.3 is 0 Å². The molecule has 0 aliphatic heterocycles. The van der Waals surface area contributed by atoms with Crippen LogP contribution in [0.2, 0.25) is 5.02 Å². The number of ether oxygens (including phenoxy) is 1. The predicted molar refractivity (Wildman–Crippen MR) is 77.0 cm³/mol. The van der Waals surface area contributed by atoms with Gasteiger partial charge in [-0.3, -0.25) is 0 Å². The zero-order valence-electron chi connectivity index (χ0n) is 10.8. The lowest BCUT2D eigenvalue weighted by atomic mass is 10.2. The Bertz CT molecular complexity index is 607. The van der Waals surface area contributed by atoms with Crippen molar-refractivity contribution in [3.63, 3.8) is 0 Å². The summed E-state index contributed by atoms with van der Waals surface area (Å²) in [6.07, 6.45) is 3.39. The molecule has 0 spiro atoms. The molecule has 0 fully saturated rings. The molecular formula is C13H15ClN4O. The number of nitrogens with two attached hydrogens (primary N) is 1. The molecule has 6 heteroatoms. The van der Waals surface area contributed by atoms with Crippen LogP contribution in [0.1, 0.15) is 18.2 Å². The lowest BCUT2D eigenvalue weighted by Gasteiger charge is -2.06. The fraction of sp³-hybridized carbons (Fsp3) is 0.231. The molecule has 19 heavy (non-hydrogen) atoms. The molecule has 0 unspecified atom stereocenters. The highest BCUT2D eigenvalue weighted by Crippen LogP contribution is 2.21. The minimum Gasteiger partial charge on any atom is -0.493 e. The highest BCUT2D eigenvalue weighted by atomic mass is 35.5. The van der Waals surface area contributed by atoms with E-state index in [4.69, 9.17) is 22.1 Å². The van der Waals surface area contributed by atoms with Gasteiger partial charge in [0.2, 0.25) is 5.95 Å². The second kappa shape index (κ2) is 5.75. The Hall–Kier alpha value is -2.01. The van der Waals surface area contributed by atoms with Gasteiger partial charge in [0, 0.05) is 10.6 Å². The Morgan fingerprint density at radius 3 is 2.95 bits per heavy atom. The number of aromatic nitrogens is 2. The van der Waals surface area contributed by atoms with Crippen molar-refractivity contribution in [2.24, 2.45) is 5.10 Å². The van der Waals surface area contributed by atoms with Crippen LogP contribution in [0.3, 0.4) is 0 Å². The molecule has 1 aromatic carbocycles. The Kier molecular flexibility index (Phi) is 4.06. The molecule has 1 aromatic heterocycles. The van der Waals surface area contributed by atoms with E-state index >= 15 is 0 Å². The average Bonchev–Trinajstić information content (AvgIpc) is 2.68. The van der Waals surface area contributed by atoms with Crippen LogP contribution < -0.4 is 10.5 Å². The Labute approximate surface area is 116 Å². The van der Waals surface area contributed by atoms with Gasteiger partial charge in [-0.25, -0.2) is 9.66 Å². The fourth-order valence-electron chi connectivity index (χ4n) is 1.63. The van der Waals surface area contributed by atoms with Gasteiger partial charge in [-0.1, -0.05) is 11.6 Å². The summed E-state index contributed by atoms with van der Waals surface area (Å²) in [6, 6.07) is 5.38. The maximum Gasteiger partial charge on any atom is 0.221 e.